The van der Waals surface area contributed by atoms with Crippen LogP contribution in [-0.2, 0) is 9.59 Å². The van der Waals surface area contributed by atoms with Gasteiger partial charge < -0.3 is 9.69 Å². The van der Waals surface area contributed by atoms with E-state index in [1.807, 2.05) is 6.92 Å². The van der Waals surface area contributed by atoms with Crippen LogP contribution in [0.3, 0.4) is 0 Å². The van der Waals surface area contributed by atoms with Crippen molar-refractivity contribution in [1.29, 1.82) is 0 Å². The molecule has 0 radical (unpaired) electrons. The number of carbonyl (C=O) groups is 3. The molecule has 5 heteroatoms. The van der Waals surface area contributed by atoms with Crippen molar-refractivity contribution in [3.8, 4) is 0 Å². The Balaban J connectivity index is 2.01. The molecule has 4 aliphatic rings. The number of nitrogens with zero attached hydrogens (tertiary/aromatic N) is 2. The summed E-state index contributed by atoms with van der Waals surface area (Å²) < 4.78 is 0. The van der Waals surface area contributed by atoms with Crippen molar-refractivity contribution in [3.63, 3.8) is 0 Å². The van der Waals surface area contributed by atoms with Gasteiger partial charge in [-0.25, -0.2) is 4.79 Å². The summed E-state index contributed by atoms with van der Waals surface area (Å²) in [6, 6.07) is -0.380. The van der Waals surface area contributed by atoms with E-state index in [1.54, 1.807) is 7.05 Å². The van der Waals surface area contributed by atoms with Crippen molar-refractivity contribution in [2.45, 2.75) is 39.2 Å². The topological polar surface area (TPSA) is 57.7 Å². The van der Waals surface area contributed by atoms with Gasteiger partial charge in [0.1, 0.15) is 11.8 Å². The molecule has 21 heavy (non-hydrogen) atoms. The zero-order valence-electron chi connectivity index (χ0n) is 13.0. The molecule has 3 aliphatic carbocycles. The summed E-state index contributed by atoms with van der Waals surface area (Å²) in [6.45, 7) is 6.14. The summed E-state index contributed by atoms with van der Waals surface area (Å²) in [7, 11) is 1.66. The number of carbonyl (C=O) groups excluding carboxylic acids is 3. The molecular weight excluding hydrogens is 268 g/mol. The molecule has 0 spiro atoms. The molecule has 1 unspecified atom stereocenters. The molecule has 0 aromatic heterocycles. The van der Waals surface area contributed by atoms with Crippen LogP contribution in [0, 0.1) is 17.3 Å². The van der Waals surface area contributed by atoms with Gasteiger partial charge in [0.2, 0.25) is 0 Å². The molecule has 0 aromatic rings. The summed E-state index contributed by atoms with van der Waals surface area (Å²) >= 11 is 0. The highest BCUT2D eigenvalue weighted by molar-refractivity contribution is 6.09. The second kappa shape index (κ2) is 4.18. The Hall–Kier alpha value is -1.65. The number of rotatable bonds is 3. The van der Waals surface area contributed by atoms with Crippen LogP contribution in [0.25, 0.3) is 0 Å². The second-order valence-electron chi connectivity index (χ2n) is 7.20. The van der Waals surface area contributed by atoms with Crippen molar-refractivity contribution in [2.24, 2.45) is 17.3 Å². The minimum Gasteiger partial charge on any atom is -0.309 e. The molecular formula is C16H22N2O3. The predicted octanol–water partition coefficient (Wildman–Crippen LogP) is 1.83. The average molecular weight is 290 g/mol. The Labute approximate surface area is 125 Å². The number of fused-ring (bicyclic) bond motifs is 1. The maximum absolute atomic E-state index is 12.8. The molecule has 2 fully saturated rings. The standard InChI is InChI=1S/C16H22N2O3/c1-15(2)10-5-6-11(12(15)9-10)16(3)13(20)18(7-8-19)14(21)17(16)4/h6,8,10,12H,5,7,9H2,1-4H3/t10-,12-,16?/m0/s1. The van der Waals surface area contributed by atoms with E-state index in [9.17, 15) is 14.4 Å². The maximum atomic E-state index is 12.8. The molecule has 1 saturated carbocycles. The molecule has 2 bridgehead atoms. The molecule has 114 valence electrons. The summed E-state index contributed by atoms with van der Waals surface area (Å²) in [6.07, 6.45) is 4.82. The summed E-state index contributed by atoms with van der Waals surface area (Å²) in [5.74, 6) is 0.754. The molecule has 5 nitrogen and oxygen atoms in total. The van der Waals surface area contributed by atoms with Gasteiger partial charge in [-0.15, -0.1) is 0 Å². The fourth-order valence-electron chi connectivity index (χ4n) is 4.31. The zero-order chi connectivity index (χ0) is 15.6. The maximum Gasteiger partial charge on any atom is 0.328 e. The van der Waals surface area contributed by atoms with Crippen molar-refractivity contribution in [3.05, 3.63) is 11.6 Å². The van der Waals surface area contributed by atoms with Crippen LogP contribution in [0.5, 0.6) is 0 Å². The second-order valence-corrected chi connectivity index (χ2v) is 7.20. The highest BCUT2D eigenvalue weighted by Crippen LogP contribution is 2.62. The molecule has 0 N–H and O–H groups in total. The van der Waals surface area contributed by atoms with Gasteiger partial charge in [-0.05, 0) is 42.6 Å². The Kier molecular flexibility index (Phi) is 2.85. The van der Waals surface area contributed by atoms with Crippen LogP contribution in [0.15, 0.2) is 11.6 Å². The van der Waals surface area contributed by atoms with Crippen molar-refractivity contribution in [1.82, 2.24) is 9.80 Å². The third-order valence-electron chi connectivity index (χ3n) is 6.14. The van der Waals surface area contributed by atoms with Crippen LogP contribution < -0.4 is 0 Å². The first kappa shape index (κ1) is 14.3. The van der Waals surface area contributed by atoms with E-state index in [1.165, 1.54) is 4.90 Å². The zero-order valence-corrected chi connectivity index (χ0v) is 13.0. The number of amides is 3. The summed E-state index contributed by atoms with van der Waals surface area (Å²) in [5.41, 5.74) is 0.312. The summed E-state index contributed by atoms with van der Waals surface area (Å²) in [5, 5.41) is 0. The first-order valence-corrected chi connectivity index (χ1v) is 7.50. The van der Waals surface area contributed by atoms with Gasteiger partial charge in [0.15, 0.2) is 0 Å². The summed E-state index contributed by atoms with van der Waals surface area (Å²) in [4.78, 5) is 38.4. The van der Waals surface area contributed by atoms with Crippen molar-refractivity contribution < 1.29 is 14.4 Å². The Bertz CT molecular complexity index is 566. The first-order chi connectivity index (χ1) is 9.76. The fraction of sp³-hybridized carbons (Fsp3) is 0.688. The van der Waals surface area contributed by atoms with Crippen molar-refractivity contribution >= 4 is 18.2 Å². The minimum atomic E-state index is -0.937. The van der Waals surface area contributed by atoms with E-state index < -0.39 is 5.54 Å². The minimum absolute atomic E-state index is 0.165. The van der Waals surface area contributed by atoms with Gasteiger partial charge in [0.25, 0.3) is 5.91 Å². The first-order valence-electron chi connectivity index (χ1n) is 7.50. The van der Waals surface area contributed by atoms with E-state index in [-0.39, 0.29) is 23.9 Å². The molecule has 3 atom stereocenters. The number of hydrogen-bond donors (Lipinski definition) is 0. The Morgan fingerprint density at radius 2 is 2.00 bits per heavy atom. The lowest BCUT2D eigenvalue weighted by Gasteiger charge is -2.59. The van der Waals surface area contributed by atoms with E-state index in [0.717, 1.165) is 23.3 Å². The van der Waals surface area contributed by atoms with Gasteiger partial charge in [0, 0.05) is 7.05 Å². The quantitative estimate of drug-likeness (QED) is 0.452. The number of urea groups is 1. The third kappa shape index (κ3) is 1.54. The van der Waals surface area contributed by atoms with E-state index in [2.05, 4.69) is 19.9 Å². The van der Waals surface area contributed by atoms with Gasteiger partial charge in [0.05, 0.1) is 6.54 Å². The SMILES string of the molecule is CN1C(=O)N(CC=O)C(=O)C1(C)C1=CC[C@H]2C[C@@H]1C2(C)C. The van der Waals surface area contributed by atoms with Crippen LogP contribution in [0.2, 0.25) is 0 Å². The molecule has 0 aromatic carbocycles. The largest absolute Gasteiger partial charge is 0.328 e. The van der Waals surface area contributed by atoms with Gasteiger partial charge >= 0.3 is 6.03 Å². The van der Waals surface area contributed by atoms with Crippen molar-refractivity contribution in [2.75, 3.05) is 13.6 Å². The normalized spacial score (nSPS) is 37.4. The monoisotopic (exact) mass is 290 g/mol. The number of aldehydes is 1. The number of allylic oxidation sites excluding steroid dienone is 1. The lowest BCUT2D eigenvalue weighted by Crippen LogP contribution is -2.57. The van der Waals surface area contributed by atoms with Crippen LogP contribution in [0.4, 0.5) is 4.79 Å². The van der Waals surface area contributed by atoms with E-state index in [4.69, 9.17) is 0 Å². The third-order valence-corrected chi connectivity index (χ3v) is 6.14. The lowest BCUT2D eigenvalue weighted by molar-refractivity contribution is -0.133. The molecule has 1 heterocycles. The molecule has 1 saturated heterocycles. The van der Waals surface area contributed by atoms with E-state index >= 15 is 0 Å². The van der Waals surface area contributed by atoms with Gasteiger partial charge in [-0.3, -0.25) is 9.69 Å². The fourth-order valence-corrected chi connectivity index (χ4v) is 4.31. The smallest absolute Gasteiger partial charge is 0.309 e. The highest BCUT2D eigenvalue weighted by atomic mass is 16.2. The number of hydrogen-bond acceptors (Lipinski definition) is 3. The Morgan fingerprint density at radius 3 is 2.52 bits per heavy atom. The molecule has 4 rings (SSSR count). The van der Waals surface area contributed by atoms with Gasteiger partial charge in [-0.1, -0.05) is 19.9 Å². The molecule has 3 amide bonds. The van der Waals surface area contributed by atoms with Crippen LogP contribution in [0.1, 0.15) is 33.6 Å². The average Bonchev–Trinajstić information content (AvgIpc) is 2.63. The van der Waals surface area contributed by atoms with E-state index in [0.29, 0.717) is 18.1 Å². The highest BCUT2D eigenvalue weighted by Gasteiger charge is 2.61. The number of imide groups is 1. The van der Waals surface area contributed by atoms with Crippen LogP contribution >= 0.6 is 0 Å². The predicted molar refractivity (Wildman–Crippen MR) is 77.4 cm³/mol. The lowest BCUT2D eigenvalue weighted by atomic mass is 9.47. The van der Waals surface area contributed by atoms with Crippen LogP contribution in [-0.4, -0.2) is 47.2 Å². The number of likely N-dealkylation sites (N-methyl/N-ethyl adjacent to an activating group) is 1. The van der Waals surface area contributed by atoms with Gasteiger partial charge in [-0.2, -0.15) is 0 Å². The Morgan fingerprint density at radius 1 is 1.33 bits per heavy atom. The molecule has 1 aliphatic heterocycles.